The Bertz CT molecular complexity index is 1210. The molecule has 30 heavy (non-hydrogen) atoms. The molecule has 0 aliphatic heterocycles. The van der Waals surface area contributed by atoms with Crippen LogP contribution in [-0.4, -0.2) is 27.1 Å². The fourth-order valence-corrected chi connectivity index (χ4v) is 3.35. The molecule has 0 saturated heterocycles. The van der Waals surface area contributed by atoms with E-state index in [2.05, 4.69) is 20.6 Å². The van der Waals surface area contributed by atoms with Crippen LogP contribution in [0.2, 0.25) is 5.02 Å². The van der Waals surface area contributed by atoms with Crippen molar-refractivity contribution < 1.29 is 9.18 Å². The first-order valence-electron chi connectivity index (χ1n) is 9.40. The SMILES string of the molecule is Cc1c(Cl)cccc1NC(=O)NCCn1c(-c2ccc(F)cc2)nc2cccnc21. The summed E-state index contributed by atoms with van der Waals surface area (Å²) >= 11 is 6.10. The summed E-state index contributed by atoms with van der Waals surface area (Å²) in [7, 11) is 0. The molecule has 2 heterocycles. The molecule has 0 unspecified atom stereocenters. The summed E-state index contributed by atoms with van der Waals surface area (Å²) < 4.78 is 15.2. The predicted octanol–water partition coefficient (Wildman–Crippen LogP) is 5.02. The van der Waals surface area contributed by atoms with Crippen LogP contribution in [-0.2, 0) is 6.54 Å². The first-order chi connectivity index (χ1) is 14.5. The Hall–Kier alpha value is -3.45. The molecule has 152 valence electrons. The third-order valence-corrected chi connectivity index (χ3v) is 5.15. The molecule has 6 nitrogen and oxygen atoms in total. The number of hydrogen-bond acceptors (Lipinski definition) is 3. The van der Waals surface area contributed by atoms with Crippen molar-refractivity contribution in [3.63, 3.8) is 0 Å². The minimum absolute atomic E-state index is 0.311. The number of amides is 2. The van der Waals surface area contributed by atoms with E-state index < -0.39 is 0 Å². The molecular formula is C22H19ClFN5O. The van der Waals surface area contributed by atoms with Crippen molar-refractivity contribution in [2.24, 2.45) is 0 Å². The van der Waals surface area contributed by atoms with E-state index in [1.54, 1.807) is 36.5 Å². The highest BCUT2D eigenvalue weighted by atomic mass is 35.5. The lowest BCUT2D eigenvalue weighted by Crippen LogP contribution is -2.31. The fourth-order valence-electron chi connectivity index (χ4n) is 3.18. The van der Waals surface area contributed by atoms with Crippen LogP contribution in [0.1, 0.15) is 5.56 Å². The first kappa shape index (κ1) is 19.8. The summed E-state index contributed by atoms with van der Waals surface area (Å²) in [5.74, 6) is 0.353. The van der Waals surface area contributed by atoms with E-state index in [0.29, 0.717) is 35.3 Å². The van der Waals surface area contributed by atoms with Crippen molar-refractivity contribution in [2.75, 3.05) is 11.9 Å². The number of anilines is 1. The minimum atomic E-state index is -0.332. The van der Waals surface area contributed by atoms with Crippen LogP contribution in [0.3, 0.4) is 0 Å². The predicted molar refractivity (Wildman–Crippen MR) is 116 cm³/mol. The second-order valence-corrected chi connectivity index (χ2v) is 7.14. The van der Waals surface area contributed by atoms with E-state index in [-0.39, 0.29) is 11.8 Å². The quantitative estimate of drug-likeness (QED) is 0.473. The molecule has 2 N–H and O–H groups in total. The Morgan fingerprint density at radius 2 is 1.93 bits per heavy atom. The van der Waals surface area contributed by atoms with Gasteiger partial charge in [0.15, 0.2) is 5.65 Å². The van der Waals surface area contributed by atoms with Gasteiger partial charge in [-0.3, -0.25) is 0 Å². The zero-order valence-corrected chi connectivity index (χ0v) is 16.9. The van der Waals surface area contributed by atoms with E-state index in [4.69, 9.17) is 11.6 Å². The molecule has 0 fully saturated rings. The highest BCUT2D eigenvalue weighted by Gasteiger charge is 2.14. The summed E-state index contributed by atoms with van der Waals surface area (Å²) in [6, 6.07) is 14.8. The number of nitrogens with zero attached hydrogens (tertiary/aromatic N) is 3. The molecule has 2 aromatic heterocycles. The van der Waals surface area contributed by atoms with Gasteiger partial charge >= 0.3 is 6.03 Å². The number of urea groups is 1. The Morgan fingerprint density at radius 1 is 1.13 bits per heavy atom. The highest BCUT2D eigenvalue weighted by molar-refractivity contribution is 6.31. The molecule has 8 heteroatoms. The zero-order valence-electron chi connectivity index (χ0n) is 16.2. The maximum Gasteiger partial charge on any atom is 0.319 e. The van der Waals surface area contributed by atoms with Gasteiger partial charge in [0.25, 0.3) is 0 Å². The van der Waals surface area contributed by atoms with E-state index in [9.17, 15) is 9.18 Å². The van der Waals surface area contributed by atoms with Crippen molar-refractivity contribution in [3.05, 3.63) is 77.2 Å². The molecule has 0 aliphatic carbocycles. The number of aromatic nitrogens is 3. The van der Waals surface area contributed by atoms with Gasteiger partial charge in [-0.05, 0) is 61.0 Å². The van der Waals surface area contributed by atoms with E-state index >= 15 is 0 Å². The summed E-state index contributed by atoms with van der Waals surface area (Å²) in [5.41, 5.74) is 3.66. The highest BCUT2D eigenvalue weighted by Crippen LogP contribution is 2.24. The summed E-state index contributed by atoms with van der Waals surface area (Å²) in [4.78, 5) is 21.4. The molecule has 0 bridgehead atoms. The van der Waals surface area contributed by atoms with E-state index in [1.165, 1.54) is 12.1 Å². The Morgan fingerprint density at radius 3 is 2.73 bits per heavy atom. The van der Waals surface area contributed by atoms with Gasteiger partial charge in [-0.15, -0.1) is 0 Å². The molecule has 4 aromatic rings. The number of fused-ring (bicyclic) bond motifs is 1. The van der Waals surface area contributed by atoms with Crippen LogP contribution in [0.5, 0.6) is 0 Å². The lowest BCUT2D eigenvalue weighted by molar-refractivity contribution is 0.251. The largest absolute Gasteiger partial charge is 0.336 e. The van der Waals surface area contributed by atoms with Gasteiger partial charge < -0.3 is 15.2 Å². The van der Waals surface area contributed by atoms with Gasteiger partial charge in [0.05, 0.1) is 0 Å². The maximum atomic E-state index is 13.3. The molecule has 0 saturated carbocycles. The Labute approximate surface area is 177 Å². The van der Waals surface area contributed by atoms with Crippen LogP contribution < -0.4 is 10.6 Å². The molecule has 2 aromatic carbocycles. The first-order valence-corrected chi connectivity index (χ1v) is 9.78. The lowest BCUT2D eigenvalue weighted by Gasteiger charge is -2.12. The van der Waals surface area contributed by atoms with Crippen molar-refractivity contribution in [1.29, 1.82) is 0 Å². The molecule has 2 amide bonds. The molecule has 0 aliphatic rings. The van der Waals surface area contributed by atoms with Crippen LogP contribution in [0.25, 0.3) is 22.6 Å². The third kappa shape index (κ3) is 4.11. The number of hydrogen-bond donors (Lipinski definition) is 2. The topological polar surface area (TPSA) is 71.8 Å². The average Bonchev–Trinajstić information content (AvgIpc) is 3.11. The van der Waals surface area contributed by atoms with Gasteiger partial charge in [0.2, 0.25) is 0 Å². The van der Waals surface area contributed by atoms with Crippen molar-refractivity contribution in [3.8, 4) is 11.4 Å². The number of benzene rings is 2. The van der Waals surface area contributed by atoms with Gasteiger partial charge in [0.1, 0.15) is 17.2 Å². The Balaban J connectivity index is 1.51. The van der Waals surface area contributed by atoms with Gasteiger partial charge in [0, 0.05) is 35.6 Å². The van der Waals surface area contributed by atoms with Crippen LogP contribution in [0.15, 0.2) is 60.8 Å². The number of halogens is 2. The maximum absolute atomic E-state index is 13.3. The summed E-state index contributed by atoms with van der Waals surface area (Å²) in [6.45, 7) is 2.64. The second-order valence-electron chi connectivity index (χ2n) is 6.73. The van der Waals surface area contributed by atoms with Crippen LogP contribution >= 0.6 is 11.6 Å². The van der Waals surface area contributed by atoms with Gasteiger partial charge in [-0.1, -0.05) is 17.7 Å². The lowest BCUT2D eigenvalue weighted by atomic mass is 10.2. The zero-order chi connectivity index (χ0) is 21.1. The molecule has 0 radical (unpaired) electrons. The third-order valence-electron chi connectivity index (χ3n) is 4.74. The standard InChI is InChI=1S/C22H19ClFN5O/c1-14-17(23)4-2-5-18(14)28-22(30)26-12-13-29-20(15-7-9-16(24)10-8-15)27-19-6-3-11-25-21(19)29/h2-11H,12-13H2,1H3,(H2,26,28,30). The number of imidazole rings is 1. The van der Waals surface area contributed by atoms with Crippen LogP contribution in [0, 0.1) is 12.7 Å². The molecular weight excluding hydrogens is 405 g/mol. The van der Waals surface area contributed by atoms with Gasteiger partial charge in [-0.2, -0.15) is 0 Å². The number of rotatable bonds is 5. The monoisotopic (exact) mass is 423 g/mol. The number of carbonyl (C=O) groups is 1. The average molecular weight is 424 g/mol. The van der Waals surface area contributed by atoms with Crippen molar-refractivity contribution >= 4 is 34.5 Å². The van der Waals surface area contributed by atoms with Crippen molar-refractivity contribution in [1.82, 2.24) is 19.9 Å². The molecule has 0 spiro atoms. The molecule has 4 rings (SSSR count). The Kier molecular flexibility index (Phi) is 5.63. The number of nitrogens with one attached hydrogen (secondary N) is 2. The van der Waals surface area contributed by atoms with E-state index in [0.717, 1.165) is 16.6 Å². The normalized spacial score (nSPS) is 10.9. The van der Waals surface area contributed by atoms with Gasteiger partial charge in [-0.25, -0.2) is 19.2 Å². The second kappa shape index (κ2) is 8.51. The minimum Gasteiger partial charge on any atom is -0.336 e. The summed E-state index contributed by atoms with van der Waals surface area (Å²) in [6.07, 6.45) is 1.69. The van der Waals surface area contributed by atoms with Crippen LogP contribution in [0.4, 0.5) is 14.9 Å². The smallest absolute Gasteiger partial charge is 0.319 e. The van der Waals surface area contributed by atoms with Crippen molar-refractivity contribution in [2.45, 2.75) is 13.5 Å². The summed E-state index contributed by atoms with van der Waals surface area (Å²) in [5, 5.41) is 6.23. The van der Waals surface area contributed by atoms with E-state index in [1.807, 2.05) is 23.6 Å². The molecule has 0 atom stereocenters. The number of carbonyl (C=O) groups excluding carboxylic acids is 1. The number of pyridine rings is 1. The fraction of sp³-hybridized carbons (Fsp3) is 0.136.